The molecule has 6 nitrogen and oxygen atoms in total. The highest BCUT2D eigenvalue weighted by Crippen LogP contribution is 2.27. The maximum Gasteiger partial charge on any atom is 0.338 e. The third-order valence-electron chi connectivity index (χ3n) is 3.18. The van der Waals surface area contributed by atoms with E-state index >= 15 is 0 Å². The van der Waals surface area contributed by atoms with Gasteiger partial charge in [-0.1, -0.05) is 6.07 Å². The summed E-state index contributed by atoms with van der Waals surface area (Å²) in [6, 6.07) is 7.47. The Balaban J connectivity index is 1.99. The van der Waals surface area contributed by atoms with Crippen LogP contribution in [-0.2, 0) is 9.53 Å². The second kappa shape index (κ2) is 8.09. The van der Waals surface area contributed by atoms with Crippen molar-refractivity contribution in [3.8, 4) is 11.5 Å². The Hall–Kier alpha value is -3.16. The van der Waals surface area contributed by atoms with Gasteiger partial charge in [-0.25, -0.2) is 13.6 Å². The summed E-state index contributed by atoms with van der Waals surface area (Å²) in [4.78, 5) is 23.7. The minimum Gasteiger partial charge on any atom is -0.493 e. The number of carbonyl (C=O) groups is 2. The van der Waals surface area contributed by atoms with Gasteiger partial charge in [0.15, 0.2) is 18.1 Å². The molecule has 0 fully saturated rings. The molecule has 0 aromatic heterocycles. The number of benzene rings is 2. The smallest absolute Gasteiger partial charge is 0.338 e. The molecule has 1 amide bonds. The Labute approximate surface area is 142 Å². The summed E-state index contributed by atoms with van der Waals surface area (Å²) >= 11 is 0. The van der Waals surface area contributed by atoms with Gasteiger partial charge in [0, 0.05) is 0 Å². The number of para-hydroxylation sites is 1. The molecule has 0 unspecified atom stereocenters. The highest BCUT2D eigenvalue weighted by Gasteiger charge is 2.16. The number of hydrogen-bond acceptors (Lipinski definition) is 5. The van der Waals surface area contributed by atoms with Crippen LogP contribution in [-0.4, -0.2) is 32.7 Å². The zero-order chi connectivity index (χ0) is 18.4. The summed E-state index contributed by atoms with van der Waals surface area (Å²) in [5.41, 5.74) is -0.475. The summed E-state index contributed by atoms with van der Waals surface area (Å²) in [5.74, 6) is -2.80. The number of halogens is 2. The van der Waals surface area contributed by atoms with E-state index in [1.54, 1.807) is 0 Å². The molecule has 25 heavy (non-hydrogen) atoms. The van der Waals surface area contributed by atoms with E-state index in [2.05, 4.69) is 0 Å². The highest BCUT2D eigenvalue weighted by molar-refractivity contribution is 5.95. The molecule has 8 heteroatoms. The first-order valence-electron chi connectivity index (χ1n) is 7.09. The highest BCUT2D eigenvalue weighted by atomic mass is 19.1. The number of hydrogen-bond donors (Lipinski definition) is 1. The molecular formula is C17H15F2NO5. The minimum atomic E-state index is -0.931. The predicted molar refractivity (Wildman–Crippen MR) is 84.8 cm³/mol. The normalized spacial score (nSPS) is 10.1. The number of methoxy groups -OCH3 is 2. The Morgan fingerprint density at radius 2 is 1.64 bits per heavy atom. The van der Waals surface area contributed by atoms with Crippen LogP contribution in [0.5, 0.6) is 11.5 Å². The van der Waals surface area contributed by atoms with Gasteiger partial charge < -0.3 is 19.5 Å². The molecular weight excluding hydrogens is 336 g/mol. The SMILES string of the molecule is COc1ccc(C(=O)OCC(=O)Nc2c(F)cccc2F)cc1OC. The van der Waals surface area contributed by atoms with E-state index in [0.29, 0.717) is 11.5 Å². The molecule has 0 aliphatic carbocycles. The molecule has 0 aliphatic heterocycles. The number of esters is 1. The van der Waals surface area contributed by atoms with Gasteiger partial charge in [0.05, 0.1) is 19.8 Å². The van der Waals surface area contributed by atoms with E-state index in [-0.39, 0.29) is 5.56 Å². The molecule has 2 rings (SSSR count). The number of anilines is 1. The molecule has 0 bridgehead atoms. The molecule has 1 N–H and O–H groups in total. The van der Waals surface area contributed by atoms with Crippen LogP contribution >= 0.6 is 0 Å². The van der Waals surface area contributed by atoms with Gasteiger partial charge in [-0.3, -0.25) is 4.79 Å². The van der Waals surface area contributed by atoms with Crippen LogP contribution in [0, 0.1) is 11.6 Å². The van der Waals surface area contributed by atoms with E-state index in [1.165, 1.54) is 32.4 Å². The van der Waals surface area contributed by atoms with Gasteiger partial charge in [0.1, 0.15) is 17.3 Å². The molecule has 2 aromatic rings. The summed E-state index contributed by atoms with van der Waals surface area (Å²) in [6.45, 7) is -0.707. The number of ether oxygens (including phenoxy) is 3. The Morgan fingerprint density at radius 3 is 2.24 bits per heavy atom. The Morgan fingerprint density at radius 1 is 1.00 bits per heavy atom. The minimum absolute atomic E-state index is 0.127. The van der Waals surface area contributed by atoms with E-state index in [9.17, 15) is 18.4 Å². The van der Waals surface area contributed by atoms with Gasteiger partial charge in [0.2, 0.25) is 0 Å². The maximum atomic E-state index is 13.4. The summed E-state index contributed by atoms with van der Waals surface area (Å²) < 4.78 is 41.8. The standard InChI is InChI=1S/C17H15F2NO5/c1-23-13-7-6-10(8-14(13)24-2)17(22)25-9-15(21)20-16-11(18)4-3-5-12(16)19/h3-8H,9H2,1-2H3,(H,20,21). The quantitative estimate of drug-likeness (QED) is 0.810. The van der Waals surface area contributed by atoms with E-state index < -0.39 is 35.8 Å². The second-order valence-electron chi connectivity index (χ2n) is 4.79. The third kappa shape index (κ3) is 4.43. The monoisotopic (exact) mass is 351 g/mol. The van der Waals surface area contributed by atoms with Crippen LogP contribution in [0.4, 0.5) is 14.5 Å². The summed E-state index contributed by atoms with van der Waals surface area (Å²) in [7, 11) is 2.85. The van der Waals surface area contributed by atoms with Crippen LogP contribution in [0.1, 0.15) is 10.4 Å². The first kappa shape index (κ1) is 18.2. The average molecular weight is 351 g/mol. The molecule has 0 aliphatic rings. The maximum absolute atomic E-state index is 13.4. The average Bonchev–Trinajstić information content (AvgIpc) is 2.62. The lowest BCUT2D eigenvalue weighted by atomic mass is 10.2. The lowest BCUT2D eigenvalue weighted by Gasteiger charge is -2.10. The van der Waals surface area contributed by atoms with Crippen LogP contribution in [0.3, 0.4) is 0 Å². The van der Waals surface area contributed by atoms with Crippen LogP contribution in [0.2, 0.25) is 0 Å². The van der Waals surface area contributed by atoms with Gasteiger partial charge in [0.25, 0.3) is 5.91 Å². The lowest BCUT2D eigenvalue weighted by molar-refractivity contribution is -0.119. The van der Waals surface area contributed by atoms with Crippen molar-refractivity contribution < 1.29 is 32.6 Å². The molecule has 0 heterocycles. The van der Waals surface area contributed by atoms with Gasteiger partial charge in [-0.05, 0) is 30.3 Å². The molecule has 2 aromatic carbocycles. The van der Waals surface area contributed by atoms with Crippen molar-refractivity contribution in [1.82, 2.24) is 0 Å². The molecule has 0 saturated carbocycles. The summed E-state index contributed by atoms with van der Waals surface area (Å²) in [5, 5.41) is 2.02. The molecule has 132 valence electrons. The molecule has 0 spiro atoms. The fourth-order valence-electron chi connectivity index (χ4n) is 1.97. The molecule has 0 atom stereocenters. The van der Waals surface area contributed by atoms with Crippen LogP contribution < -0.4 is 14.8 Å². The fraction of sp³-hybridized carbons (Fsp3) is 0.176. The van der Waals surface area contributed by atoms with E-state index in [1.807, 2.05) is 5.32 Å². The Bertz CT molecular complexity index is 774. The summed E-state index contributed by atoms with van der Waals surface area (Å²) in [6.07, 6.45) is 0. The van der Waals surface area contributed by atoms with Crippen LogP contribution in [0.25, 0.3) is 0 Å². The van der Waals surface area contributed by atoms with Gasteiger partial charge in [-0.15, -0.1) is 0 Å². The number of amides is 1. The second-order valence-corrected chi connectivity index (χ2v) is 4.79. The van der Waals surface area contributed by atoms with Crippen molar-refractivity contribution >= 4 is 17.6 Å². The number of carbonyl (C=O) groups excluding carboxylic acids is 2. The topological polar surface area (TPSA) is 73.9 Å². The van der Waals surface area contributed by atoms with E-state index in [4.69, 9.17) is 14.2 Å². The van der Waals surface area contributed by atoms with Gasteiger partial charge >= 0.3 is 5.97 Å². The van der Waals surface area contributed by atoms with Crippen molar-refractivity contribution in [2.75, 3.05) is 26.1 Å². The van der Waals surface area contributed by atoms with Crippen molar-refractivity contribution in [2.24, 2.45) is 0 Å². The predicted octanol–water partition coefficient (Wildman–Crippen LogP) is 2.78. The zero-order valence-electron chi connectivity index (χ0n) is 13.5. The third-order valence-corrected chi connectivity index (χ3v) is 3.18. The van der Waals surface area contributed by atoms with Crippen LogP contribution in [0.15, 0.2) is 36.4 Å². The first-order chi connectivity index (χ1) is 12.0. The molecule has 0 radical (unpaired) electrons. The van der Waals surface area contributed by atoms with E-state index in [0.717, 1.165) is 18.2 Å². The fourth-order valence-corrected chi connectivity index (χ4v) is 1.97. The largest absolute Gasteiger partial charge is 0.493 e. The van der Waals surface area contributed by atoms with Crippen molar-refractivity contribution in [3.05, 3.63) is 53.6 Å². The Kier molecular flexibility index (Phi) is 5.89. The number of nitrogens with one attached hydrogen (secondary N) is 1. The zero-order valence-corrected chi connectivity index (χ0v) is 13.5. The first-order valence-corrected chi connectivity index (χ1v) is 7.09. The van der Waals surface area contributed by atoms with Crippen molar-refractivity contribution in [2.45, 2.75) is 0 Å². The van der Waals surface area contributed by atoms with Crippen molar-refractivity contribution in [3.63, 3.8) is 0 Å². The van der Waals surface area contributed by atoms with Crippen molar-refractivity contribution in [1.29, 1.82) is 0 Å². The molecule has 0 saturated heterocycles. The number of rotatable bonds is 6. The lowest BCUT2D eigenvalue weighted by Crippen LogP contribution is -2.22. The van der Waals surface area contributed by atoms with Gasteiger partial charge in [-0.2, -0.15) is 0 Å².